The highest BCUT2D eigenvalue weighted by atomic mass is 15.1. The molecule has 0 unspecified atom stereocenters. The minimum Gasteiger partial charge on any atom is -0.330 e. The van der Waals surface area contributed by atoms with Crippen molar-refractivity contribution in [1.82, 2.24) is 10.2 Å². The monoisotopic (exact) mass is 255 g/mol. The molecule has 3 nitrogen and oxygen atoms in total. The Morgan fingerprint density at radius 2 is 1.72 bits per heavy atom. The molecule has 1 fully saturated rings. The van der Waals surface area contributed by atoms with Crippen molar-refractivity contribution in [2.45, 2.75) is 51.4 Å². The van der Waals surface area contributed by atoms with Crippen LogP contribution in [0.3, 0.4) is 0 Å². The van der Waals surface area contributed by atoms with Crippen molar-refractivity contribution >= 4 is 0 Å². The minimum absolute atomic E-state index is 0.810. The Balaban J connectivity index is 1.91. The second-order valence-electron chi connectivity index (χ2n) is 5.86. The molecule has 1 aliphatic rings. The highest BCUT2D eigenvalue weighted by molar-refractivity contribution is 4.67. The zero-order chi connectivity index (χ0) is 13.1. The van der Waals surface area contributed by atoms with E-state index in [9.17, 15) is 0 Å². The summed E-state index contributed by atoms with van der Waals surface area (Å²) in [5, 5.41) is 3.64. The van der Waals surface area contributed by atoms with Crippen LogP contribution < -0.4 is 11.1 Å². The van der Waals surface area contributed by atoms with E-state index in [0.29, 0.717) is 0 Å². The van der Waals surface area contributed by atoms with E-state index in [1.54, 1.807) is 0 Å². The lowest BCUT2D eigenvalue weighted by Crippen LogP contribution is -2.28. The van der Waals surface area contributed by atoms with Crippen molar-refractivity contribution < 1.29 is 0 Å². The molecule has 0 aliphatic heterocycles. The molecular formula is C15H33N3. The van der Waals surface area contributed by atoms with Gasteiger partial charge in [-0.1, -0.05) is 25.7 Å². The minimum atomic E-state index is 0.810. The van der Waals surface area contributed by atoms with Gasteiger partial charge in [-0.2, -0.15) is 0 Å². The SMILES string of the molecule is CN(CCCN)CCCNCC1CCCCCC1. The Bertz CT molecular complexity index is 177. The van der Waals surface area contributed by atoms with Gasteiger partial charge in [0.05, 0.1) is 0 Å². The topological polar surface area (TPSA) is 41.3 Å². The van der Waals surface area contributed by atoms with E-state index in [4.69, 9.17) is 5.73 Å². The van der Waals surface area contributed by atoms with Gasteiger partial charge in [0, 0.05) is 0 Å². The van der Waals surface area contributed by atoms with E-state index >= 15 is 0 Å². The van der Waals surface area contributed by atoms with Crippen molar-refractivity contribution in [1.29, 1.82) is 0 Å². The Morgan fingerprint density at radius 3 is 2.39 bits per heavy atom. The lowest BCUT2D eigenvalue weighted by Gasteiger charge is -2.17. The van der Waals surface area contributed by atoms with Crippen LogP contribution in [0.25, 0.3) is 0 Å². The zero-order valence-corrected chi connectivity index (χ0v) is 12.3. The predicted octanol–water partition coefficient (Wildman–Crippen LogP) is 2.22. The molecule has 1 aliphatic carbocycles. The number of nitrogens with one attached hydrogen (secondary N) is 1. The van der Waals surface area contributed by atoms with Crippen LogP contribution in [0.15, 0.2) is 0 Å². The number of hydrogen-bond donors (Lipinski definition) is 2. The van der Waals surface area contributed by atoms with Gasteiger partial charge in [-0.3, -0.25) is 0 Å². The second kappa shape index (κ2) is 10.8. The van der Waals surface area contributed by atoms with Gasteiger partial charge in [-0.25, -0.2) is 0 Å². The molecule has 0 atom stereocenters. The quantitative estimate of drug-likeness (QED) is 0.490. The maximum Gasteiger partial charge on any atom is -0.000968 e. The summed E-state index contributed by atoms with van der Waals surface area (Å²) in [6, 6.07) is 0. The average molecular weight is 255 g/mol. The zero-order valence-electron chi connectivity index (χ0n) is 12.3. The van der Waals surface area contributed by atoms with E-state index in [0.717, 1.165) is 25.4 Å². The fourth-order valence-electron chi connectivity index (χ4n) is 2.82. The largest absolute Gasteiger partial charge is 0.330 e. The van der Waals surface area contributed by atoms with Crippen molar-refractivity contribution in [2.24, 2.45) is 11.7 Å². The third-order valence-corrected chi connectivity index (χ3v) is 4.05. The summed E-state index contributed by atoms with van der Waals surface area (Å²) in [5.74, 6) is 0.947. The molecule has 1 saturated carbocycles. The third kappa shape index (κ3) is 8.06. The highest BCUT2D eigenvalue weighted by Crippen LogP contribution is 2.21. The van der Waals surface area contributed by atoms with E-state index in [1.165, 1.54) is 64.6 Å². The van der Waals surface area contributed by atoms with Gasteiger partial charge in [0.1, 0.15) is 0 Å². The Labute approximate surface area is 113 Å². The second-order valence-corrected chi connectivity index (χ2v) is 5.86. The first-order valence-electron chi connectivity index (χ1n) is 7.92. The van der Waals surface area contributed by atoms with Crippen molar-refractivity contribution in [3.05, 3.63) is 0 Å². The van der Waals surface area contributed by atoms with Gasteiger partial charge in [0.25, 0.3) is 0 Å². The molecule has 0 aromatic heterocycles. The average Bonchev–Trinajstić information content (AvgIpc) is 2.64. The Hall–Kier alpha value is -0.120. The van der Waals surface area contributed by atoms with Crippen LogP contribution >= 0.6 is 0 Å². The first-order valence-corrected chi connectivity index (χ1v) is 7.92. The number of rotatable bonds is 9. The standard InChI is InChI=1S/C15H33N3/c1-18(12-6-10-16)13-7-11-17-14-15-8-4-2-3-5-9-15/h15,17H,2-14,16H2,1H3. The van der Waals surface area contributed by atoms with Gasteiger partial charge >= 0.3 is 0 Å². The van der Waals surface area contributed by atoms with E-state index in [1.807, 2.05) is 0 Å². The fraction of sp³-hybridized carbons (Fsp3) is 1.00. The lowest BCUT2D eigenvalue weighted by molar-refractivity contribution is 0.321. The summed E-state index contributed by atoms with van der Waals surface area (Å²) in [6.45, 7) is 5.55. The Kier molecular flexibility index (Phi) is 9.54. The van der Waals surface area contributed by atoms with Crippen LogP contribution in [0, 0.1) is 5.92 Å². The summed E-state index contributed by atoms with van der Waals surface area (Å²) in [7, 11) is 2.20. The molecule has 0 aromatic rings. The molecule has 18 heavy (non-hydrogen) atoms. The van der Waals surface area contributed by atoms with Crippen LogP contribution in [-0.2, 0) is 0 Å². The van der Waals surface area contributed by atoms with Crippen LogP contribution in [0.1, 0.15) is 51.4 Å². The highest BCUT2D eigenvalue weighted by Gasteiger charge is 2.11. The van der Waals surface area contributed by atoms with Gasteiger partial charge in [-0.05, 0) is 71.4 Å². The van der Waals surface area contributed by atoms with Crippen LogP contribution in [0.2, 0.25) is 0 Å². The predicted molar refractivity (Wildman–Crippen MR) is 79.8 cm³/mol. The molecule has 0 aromatic carbocycles. The maximum atomic E-state index is 5.51. The molecule has 0 spiro atoms. The number of nitrogens with zero attached hydrogens (tertiary/aromatic N) is 1. The summed E-state index contributed by atoms with van der Waals surface area (Å²) in [5.41, 5.74) is 5.51. The fourth-order valence-corrected chi connectivity index (χ4v) is 2.82. The van der Waals surface area contributed by atoms with Gasteiger partial charge in [0.15, 0.2) is 0 Å². The molecular weight excluding hydrogens is 222 g/mol. The van der Waals surface area contributed by atoms with Crippen LogP contribution in [-0.4, -0.2) is 44.7 Å². The van der Waals surface area contributed by atoms with E-state index in [2.05, 4.69) is 17.3 Å². The van der Waals surface area contributed by atoms with Crippen molar-refractivity contribution in [3.63, 3.8) is 0 Å². The summed E-state index contributed by atoms with van der Waals surface area (Å²) in [4.78, 5) is 2.39. The van der Waals surface area contributed by atoms with Crippen LogP contribution in [0.5, 0.6) is 0 Å². The van der Waals surface area contributed by atoms with Gasteiger partial charge in [0.2, 0.25) is 0 Å². The molecule has 0 heterocycles. The number of hydrogen-bond acceptors (Lipinski definition) is 3. The molecule has 3 N–H and O–H groups in total. The molecule has 0 amide bonds. The molecule has 0 radical (unpaired) electrons. The molecule has 0 bridgehead atoms. The van der Waals surface area contributed by atoms with Crippen molar-refractivity contribution in [3.8, 4) is 0 Å². The Morgan fingerprint density at radius 1 is 1.06 bits per heavy atom. The van der Waals surface area contributed by atoms with E-state index < -0.39 is 0 Å². The van der Waals surface area contributed by atoms with E-state index in [-0.39, 0.29) is 0 Å². The maximum absolute atomic E-state index is 5.51. The smallest absolute Gasteiger partial charge is 0.000968 e. The lowest BCUT2D eigenvalue weighted by atomic mass is 10.0. The molecule has 108 valence electrons. The summed E-state index contributed by atoms with van der Waals surface area (Å²) < 4.78 is 0. The third-order valence-electron chi connectivity index (χ3n) is 4.05. The van der Waals surface area contributed by atoms with Crippen molar-refractivity contribution in [2.75, 3.05) is 39.8 Å². The molecule has 3 heteroatoms. The first kappa shape index (κ1) is 15.9. The molecule has 1 rings (SSSR count). The normalized spacial score (nSPS) is 18.2. The first-order chi connectivity index (χ1) is 8.83. The van der Waals surface area contributed by atoms with Crippen LogP contribution in [0.4, 0.5) is 0 Å². The molecule has 0 saturated heterocycles. The number of nitrogens with two attached hydrogens (primary N) is 1. The van der Waals surface area contributed by atoms with Gasteiger partial charge < -0.3 is 16.0 Å². The summed E-state index contributed by atoms with van der Waals surface area (Å²) >= 11 is 0. The van der Waals surface area contributed by atoms with Gasteiger partial charge in [-0.15, -0.1) is 0 Å². The summed E-state index contributed by atoms with van der Waals surface area (Å²) in [6.07, 6.45) is 11.1.